The van der Waals surface area contributed by atoms with E-state index in [0.29, 0.717) is 41.2 Å². The molecule has 2 aliphatic heterocycles. The average Bonchev–Trinajstić information content (AvgIpc) is 3.39. The molecule has 0 aliphatic carbocycles. The number of fused-ring (bicyclic) bond motifs is 1. The Morgan fingerprint density at radius 2 is 1.84 bits per heavy atom. The lowest BCUT2D eigenvalue weighted by Crippen LogP contribution is -2.46. The molecule has 2 amide bonds. The molecule has 0 spiro atoms. The monoisotopic (exact) mass is 517 g/mol. The van der Waals surface area contributed by atoms with Gasteiger partial charge in [0.25, 0.3) is 0 Å². The Hall–Kier alpha value is -3.98. The first kappa shape index (κ1) is 24.7. The van der Waals surface area contributed by atoms with Crippen molar-refractivity contribution in [3.05, 3.63) is 83.9 Å². The first-order chi connectivity index (χ1) is 18.1. The van der Waals surface area contributed by atoms with Gasteiger partial charge in [0.15, 0.2) is 16.7 Å². The van der Waals surface area contributed by atoms with Gasteiger partial charge in [-0.25, -0.2) is 4.99 Å². The third-order valence-electron chi connectivity index (χ3n) is 6.06. The smallest absolute Gasteiger partial charge is 0.234 e. The van der Waals surface area contributed by atoms with Crippen LogP contribution in [0.4, 0.5) is 5.69 Å². The molecule has 9 heteroatoms. The lowest BCUT2D eigenvalue weighted by molar-refractivity contribution is -0.130. The molecule has 5 rings (SSSR count). The van der Waals surface area contributed by atoms with Crippen molar-refractivity contribution >= 4 is 34.4 Å². The highest BCUT2D eigenvalue weighted by Crippen LogP contribution is 2.35. The number of amidine groups is 1. The molecule has 190 valence electrons. The first-order valence-corrected chi connectivity index (χ1v) is 12.9. The lowest BCUT2D eigenvalue weighted by Gasteiger charge is -2.32. The van der Waals surface area contributed by atoms with Crippen LogP contribution in [0.25, 0.3) is 0 Å². The standard InChI is InChI=1S/C28H27N3O5S/c1-34-22-10-8-21(9-11-22)30-28-31(17-20-7-12-23-24(15-20)36-18-35-23)26(32)16-25(37-28)27(33)29-14-13-19-5-3-2-4-6-19/h2-12,15,25H,13-14,16-18H2,1H3,(H,29,33)/t25-/m0/s1. The van der Waals surface area contributed by atoms with Crippen molar-refractivity contribution in [3.63, 3.8) is 0 Å². The van der Waals surface area contributed by atoms with E-state index in [1.165, 1.54) is 11.8 Å². The summed E-state index contributed by atoms with van der Waals surface area (Å²) in [6, 6.07) is 22.8. The molecule has 8 nitrogen and oxygen atoms in total. The fraction of sp³-hybridized carbons (Fsp3) is 0.250. The first-order valence-electron chi connectivity index (χ1n) is 12.0. The van der Waals surface area contributed by atoms with E-state index in [4.69, 9.17) is 19.2 Å². The number of amides is 2. The number of hydrogen-bond acceptors (Lipinski definition) is 7. The van der Waals surface area contributed by atoms with Crippen molar-refractivity contribution in [2.45, 2.75) is 24.6 Å². The number of ether oxygens (including phenoxy) is 3. The summed E-state index contributed by atoms with van der Waals surface area (Å²) in [7, 11) is 1.60. The Morgan fingerprint density at radius 1 is 1.05 bits per heavy atom. The predicted octanol–water partition coefficient (Wildman–Crippen LogP) is 4.30. The van der Waals surface area contributed by atoms with Gasteiger partial charge >= 0.3 is 0 Å². The van der Waals surface area contributed by atoms with Gasteiger partial charge in [0.1, 0.15) is 5.75 Å². The van der Waals surface area contributed by atoms with Crippen LogP contribution in [0, 0.1) is 0 Å². The van der Waals surface area contributed by atoms with Gasteiger partial charge in [-0.05, 0) is 53.9 Å². The molecule has 2 aliphatic rings. The third-order valence-corrected chi connectivity index (χ3v) is 7.25. The van der Waals surface area contributed by atoms with Crippen molar-refractivity contribution in [2.75, 3.05) is 20.4 Å². The van der Waals surface area contributed by atoms with Crippen molar-refractivity contribution in [2.24, 2.45) is 4.99 Å². The van der Waals surface area contributed by atoms with Gasteiger partial charge in [-0.15, -0.1) is 0 Å². The molecule has 0 aromatic heterocycles. The van der Waals surface area contributed by atoms with E-state index in [1.807, 2.05) is 72.8 Å². The number of hydrogen-bond donors (Lipinski definition) is 1. The van der Waals surface area contributed by atoms with Crippen LogP contribution >= 0.6 is 11.8 Å². The topological polar surface area (TPSA) is 89.5 Å². The largest absolute Gasteiger partial charge is 0.497 e. The van der Waals surface area contributed by atoms with Gasteiger partial charge in [0, 0.05) is 13.0 Å². The number of nitrogens with zero attached hydrogens (tertiary/aromatic N) is 2. The van der Waals surface area contributed by atoms with Gasteiger partial charge in [0.05, 0.1) is 24.6 Å². The number of carbonyl (C=O) groups is 2. The Bertz CT molecular complexity index is 1300. The second-order valence-corrected chi connectivity index (χ2v) is 9.77. The molecule has 1 N–H and O–H groups in total. The Kier molecular flexibility index (Phi) is 7.60. The highest BCUT2D eigenvalue weighted by molar-refractivity contribution is 8.15. The summed E-state index contributed by atoms with van der Waals surface area (Å²) < 4.78 is 16.1. The molecule has 1 fully saturated rings. The maximum absolute atomic E-state index is 13.3. The van der Waals surface area contributed by atoms with Crippen LogP contribution in [0.2, 0.25) is 0 Å². The molecule has 0 bridgehead atoms. The molecule has 1 saturated heterocycles. The SMILES string of the molecule is COc1ccc(N=C2S[C@H](C(=O)NCCc3ccccc3)CC(=O)N2Cc2ccc3c(c2)OCO3)cc1. The number of methoxy groups -OCH3 is 1. The van der Waals surface area contributed by atoms with Crippen LogP contribution in [-0.4, -0.2) is 47.6 Å². The maximum Gasteiger partial charge on any atom is 0.234 e. The highest BCUT2D eigenvalue weighted by atomic mass is 32.2. The quantitative estimate of drug-likeness (QED) is 0.479. The van der Waals surface area contributed by atoms with Gasteiger partial charge < -0.3 is 19.5 Å². The molecule has 3 aromatic rings. The van der Waals surface area contributed by atoms with Gasteiger partial charge in [-0.2, -0.15) is 0 Å². The fourth-order valence-electron chi connectivity index (χ4n) is 4.07. The molecule has 0 unspecified atom stereocenters. The minimum absolute atomic E-state index is 0.0913. The average molecular weight is 518 g/mol. The van der Waals surface area contributed by atoms with Crippen molar-refractivity contribution in [1.82, 2.24) is 10.2 Å². The van der Waals surface area contributed by atoms with Crippen molar-refractivity contribution in [3.8, 4) is 17.2 Å². The molecular weight excluding hydrogens is 490 g/mol. The second kappa shape index (κ2) is 11.4. The zero-order chi connectivity index (χ0) is 25.6. The third kappa shape index (κ3) is 6.06. The maximum atomic E-state index is 13.3. The minimum atomic E-state index is -0.562. The van der Waals surface area contributed by atoms with Crippen molar-refractivity contribution in [1.29, 1.82) is 0 Å². The molecule has 37 heavy (non-hydrogen) atoms. The molecular formula is C28H27N3O5S. The zero-order valence-electron chi connectivity index (χ0n) is 20.4. The summed E-state index contributed by atoms with van der Waals surface area (Å²) in [6.07, 6.45) is 0.814. The number of rotatable bonds is 8. The molecule has 0 saturated carbocycles. The predicted molar refractivity (Wildman–Crippen MR) is 142 cm³/mol. The van der Waals surface area contributed by atoms with Gasteiger partial charge in [-0.1, -0.05) is 48.2 Å². The van der Waals surface area contributed by atoms with Gasteiger partial charge in [-0.3, -0.25) is 14.5 Å². The summed E-state index contributed by atoms with van der Waals surface area (Å²) in [5.74, 6) is 1.72. The van der Waals surface area contributed by atoms with E-state index < -0.39 is 5.25 Å². The van der Waals surface area contributed by atoms with Gasteiger partial charge in [0.2, 0.25) is 18.6 Å². The second-order valence-electron chi connectivity index (χ2n) is 8.60. The molecule has 1 atom stereocenters. The van der Waals surface area contributed by atoms with Crippen LogP contribution < -0.4 is 19.5 Å². The van der Waals surface area contributed by atoms with E-state index >= 15 is 0 Å². The Balaban J connectivity index is 1.33. The summed E-state index contributed by atoms with van der Waals surface area (Å²) in [5, 5.41) is 2.89. The normalized spacial score (nSPS) is 17.6. The van der Waals surface area contributed by atoms with E-state index in [9.17, 15) is 9.59 Å². The minimum Gasteiger partial charge on any atom is -0.497 e. The van der Waals surface area contributed by atoms with Crippen LogP contribution in [0.15, 0.2) is 77.8 Å². The number of aliphatic imine (C=N–C) groups is 1. The molecule has 3 aromatic carbocycles. The molecule has 0 radical (unpaired) electrons. The molecule has 2 heterocycles. The van der Waals surface area contributed by atoms with Crippen LogP contribution in [0.1, 0.15) is 17.5 Å². The Morgan fingerprint density at radius 3 is 2.62 bits per heavy atom. The van der Waals surface area contributed by atoms with E-state index in [0.717, 1.165) is 17.5 Å². The van der Waals surface area contributed by atoms with Crippen LogP contribution in [0.5, 0.6) is 17.2 Å². The number of thioether (sulfide) groups is 1. The van der Waals surface area contributed by atoms with Crippen molar-refractivity contribution < 1.29 is 23.8 Å². The van der Waals surface area contributed by atoms with Crippen LogP contribution in [-0.2, 0) is 22.6 Å². The number of benzene rings is 3. The summed E-state index contributed by atoms with van der Waals surface area (Å²) in [6.45, 7) is 0.988. The van der Waals surface area contributed by atoms with E-state index in [1.54, 1.807) is 12.0 Å². The zero-order valence-corrected chi connectivity index (χ0v) is 21.2. The lowest BCUT2D eigenvalue weighted by atomic mass is 10.1. The number of nitrogens with one attached hydrogen (secondary N) is 1. The summed E-state index contributed by atoms with van der Waals surface area (Å²) in [5.41, 5.74) is 2.69. The fourth-order valence-corrected chi connectivity index (χ4v) is 5.20. The Labute approximate surface area is 219 Å². The van der Waals surface area contributed by atoms with E-state index in [-0.39, 0.29) is 25.0 Å². The summed E-state index contributed by atoms with van der Waals surface area (Å²) in [4.78, 5) is 32.7. The van der Waals surface area contributed by atoms with E-state index in [2.05, 4.69) is 5.32 Å². The number of carbonyl (C=O) groups excluding carboxylic acids is 2. The summed E-state index contributed by atoms with van der Waals surface area (Å²) >= 11 is 1.30. The van der Waals surface area contributed by atoms with Crippen LogP contribution in [0.3, 0.4) is 0 Å². The highest BCUT2D eigenvalue weighted by Gasteiger charge is 2.36.